The number of morpholine rings is 1. The van der Waals surface area contributed by atoms with Crippen LogP contribution in [0.2, 0.25) is 0 Å². The Morgan fingerprint density at radius 1 is 1.53 bits per heavy atom. The van der Waals surface area contributed by atoms with E-state index < -0.39 is 0 Å². The molecule has 1 saturated heterocycles. The van der Waals surface area contributed by atoms with Crippen LogP contribution in [0.3, 0.4) is 0 Å². The first-order valence-corrected chi connectivity index (χ1v) is 6.54. The summed E-state index contributed by atoms with van der Waals surface area (Å²) in [6.07, 6.45) is 0.122. The number of hydrogen-bond donors (Lipinski definition) is 0. The molecular formula is C13H16BrNO2. The Morgan fingerprint density at radius 3 is 3.00 bits per heavy atom. The van der Waals surface area contributed by atoms with Gasteiger partial charge in [0.25, 0.3) is 5.91 Å². The number of hydrogen-bond acceptors (Lipinski definition) is 2. The van der Waals surface area contributed by atoms with Crippen LogP contribution in [-0.4, -0.2) is 36.6 Å². The van der Waals surface area contributed by atoms with Crippen LogP contribution in [0.4, 0.5) is 0 Å². The highest BCUT2D eigenvalue weighted by molar-refractivity contribution is 9.10. The van der Waals surface area contributed by atoms with E-state index in [0.717, 1.165) is 15.6 Å². The van der Waals surface area contributed by atoms with E-state index in [0.29, 0.717) is 19.7 Å². The first kappa shape index (κ1) is 12.6. The minimum atomic E-state index is 0.0794. The van der Waals surface area contributed by atoms with Gasteiger partial charge < -0.3 is 9.64 Å². The molecule has 1 aliphatic rings. The molecule has 0 radical (unpaired) electrons. The fraction of sp³-hybridized carbons (Fsp3) is 0.462. The molecule has 92 valence electrons. The number of benzene rings is 1. The quantitative estimate of drug-likeness (QED) is 0.797. The molecule has 0 aliphatic carbocycles. The lowest BCUT2D eigenvalue weighted by atomic mass is 10.1. The number of carbonyl (C=O) groups is 1. The summed E-state index contributed by atoms with van der Waals surface area (Å²) in [5, 5.41) is 0. The summed E-state index contributed by atoms with van der Waals surface area (Å²) in [6.45, 7) is 5.94. The van der Waals surface area contributed by atoms with Crippen molar-refractivity contribution in [2.75, 3.05) is 19.7 Å². The van der Waals surface area contributed by atoms with Gasteiger partial charge in [0.1, 0.15) is 0 Å². The van der Waals surface area contributed by atoms with E-state index in [-0.39, 0.29) is 12.0 Å². The van der Waals surface area contributed by atoms with Crippen LogP contribution >= 0.6 is 15.9 Å². The van der Waals surface area contributed by atoms with E-state index in [9.17, 15) is 4.79 Å². The van der Waals surface area contributed by atoms with Gasteiger partial charge in [-0.1, -0.05) is 11.6 Å². The second-order valence-corrected chi connectivity index (χ2v) is 5.27. The largest absolute Gasteiger partial charge is 0.375 e. The number of halogens is 1. The lowest BCUT2D eigenvalue weighted by Crippen LogP contribution is -2.44. The monoisotopic (exact) mass is 297 g/mol. The predicted molar refractivity (Wildman–Crippen MR) is 70.2 cm³/mol. The molecule has 0 aromatic heterocycles. The van der Waals surface area contributed by atoms with Crippen molar-refractivity contribution in [2.24, 2.45) is 0 Å². The van der Waals surface area contributed by atoms with E-state index in [1.807, 2.05) is 36.9 Å². The average Bonchev–Trinajstić information content (AvgIpc) is 2.31. The first-order chi connectivity index (χ1) is 8.08. The normalized spacial score (nSPS) is 20.4. The van der Waals surface area contributed by atoms with Crippen molar-refractivity contribution in [1.82, 2.24) is 4.90 Å². The number of ether oxygens (including phenoxy) is 1. The van der Waals surface area contributed by atoms with Crippen LogP contribution in [0.15, 0.2) is 22.7 Å². The van der Waals surface area contributed by atoms with E-state index in [1.165, 1.54) is 0 Å². The third kappa shape index (κ3) is 2.87. The smallest absolute Gasteiger partial charge is 0.255 e. The first-order valence-electron chi connectivity index (χ1n) is 5.75. The van der Waals surface area contributed by atoms with Gasteiger partial charge in [0.05, 0.1) is 18.3 Å². The van der Waals surface area contributed by atoms with E-state index in [2.05, 4.69) is 15.9 Å². The van der Waals surface area contributed by atoms with E-state index in [4.69, 9.17) is 4.74 Å². The molecule has 0 N–H and O–H groups in total. The molecule has 1 aromatic rings. The maximum absolute atomic E-state index is 12.4. The van der Waals surface area contributed by atoms with Crippen molar-refractivity contribution in [2.45, 2.75) is 20.0 Å². The summed E-state index contributed by atoms with van der Waals surface area (Å²) in [7, 11) is 0. The van der Waals surface area contributed by atoms with Crippen LogP contribution in [0.25, 0.3) is 0 Å². The summed E-state index contributed by atoms with van der Waals surface area (Å²) in [5.74, 6) is 0.0794. The summed E-state index contributed by atoms with van der Waals surface area (Å²) in [4.78, 5) is 14.2. The lowest BCUT2D eigenvalue weighted by Gasteiger charge is -2.31. The standard InChI is InChI=1S/C13H16BrNO2/c1-9-3-4-12(14)11(7-9)13(16)15-5-6-17-10(2)8-15/h3-4,7,10H,5-6,8H2,1-2H3/t10-/m1/s1. The zero-order valence-electron chi connectivity index (χ0n) is 10.1. The Labute approximate surface area is 110 Å². The topological polar surface area (TPSA) is 29.5 Å². The van der Waals surface area contributed by atoms with Crippen molar-refractivity contribution in [3.63, 3.8) is 0 Å². The Hall–Kier alpha value is -0.870. The van der Waals surface area contributed by atoms with Crippen molar-refractivity contribution in [1.29, 1.82) is 0 Å². The van der Waals surface area contributed by atoms with Gasteiger partial charge in [-0.3, -0.25) is 4.79 Å². The molecule has 1 aromatic carbocycles. The molecule has 1 atom stereocenters. The summed E-state index contributed by atoms with van der Waals surface area (Å²) in [6, 6.07) is 5.84. The molecule has 0 saturated carbocycles. The molecule has 1 heterocycles. The van der Waals surface area contributed by atoms with Gasteiger partial charge in [-0.05, 0) is 41.9 Å². The Bertz CT molecular complexity index is 433. The fourth-order valence-corrected chi connectivity index (χ4v) is 2.39. The summed E-state index contributed by atoms with van der Waals surface area (Å²) >= 11 is 3.43. The van der Waals surface area contributed by atoms with Gasteiger partial charge in [0.15, 0.2) is 0 Å². The van der Waals surface area contributed by atoms with Crippen molar-refractivity contribution in [3.05, 3.63) is 33.8 Å². The second-order valence-electron chi connectivity index (χ2n) is 4.42. The molecule has 17 heavy (non-hydrogen) atoms. The highest BCUT2D eigenvalue weighted by Crippen LogP contribution is 2.21. The molecule has 1 aliphatic heterocycles. The van der Waals surface area contributed by atoms with Gasteiger partial charge in [0.2, 0.25) is 0 Å². The van der Waals surface area contributed by atoms with Gasteiger partial charge >= 0.3 is 0 Å². The molecule has 0 bridgehead atoms. The number of nitrogens with zero attached hydrogens (tertiary/aromatic N) is 1. The van der Waals surface area contributed by atoms with Crippen LogP contribution in [0, 0.1) is 6.92 Å². The third-order valence-electron chi connectivity index (χ3n) is 2.88. The maximum atomic E-state index is 12.4. The zero-order valence-corrected chi connectivity index (χ0v) is 11.7. The fourth-order valence-electron chi connectivity index (χ4n) is 1.98. The number of rotatable bonds is 1. The van der Waals surface area contributed by atoms with Crippen LogP contribution in [0.5, 0.6) is 0 Å². The lowest BCUT2D eigenvalue weighted by molar-refractivity contribution is -0.0124. The van der Waals surface area contributed by atoms with Crippen LogP contribution < -0.4 is 0 Å². The van der Waals surface area contributed by atoms with Crippen molar-refractivity contribution < 1.29 is 9.53 Å². The molecular weight excluding hydrogens is 282 g/mol. The Kier molecular flexibility index (Phi) is 3.84. The van der Waals surface area contributed by atoms with Crippen molar-refractivity contribution in [3.8, 4) is 0 Å². The van der Waals surface area contributed by atoms with Crippen molar-refractivity contribution >= 4 is 21.8 Å². The average molecular weight is 298 g/mol. The Balaban J connectivity index is 2.21. The van der Waals surface area contributed by atoms with Crippen LogP contribution in [0.1, 0.15) is 22.8 Å². The number of aryl methyl sites for hydroxylation is 1. The molecule has 1 fully saturated rings. The van der Waals surface area contributed by atoms with E-state index in [1.54, 1.807) is 0 Å². The summed E-state index contributed by atoms with van der Waals surface area (Å²) in [5.41, 5.74) is 1.83. The third-order valence-corrected chi connectivity index (χ3v) is 3.57. The molecule has 3 nitrogen and oxygen atoms in total. The number of amides is 1. The molecule has 0 unspecified atom stereocenters. The zero-order chi connectivity index (χ0) is 12.4. The minimum Gasteiger partial charge on any atom is -0.375 e. The van der Waals surface area contributed by atoms with Gasteiger partial charge in [-0.15, -0.1) is 0 Å². The van der Waals surface area contributed by atoms with Gasteiger partial charge in [-0.25, -0.2) is 0 Å². The predicted octanol–water partition coefficient (Wildman–Crippen LogP) is 2.62. The maximum Gasteiger partial charge on any atom is 0.255 e. The number of carbonyl (C=O) groups excluding carboxylic acids is 1. The van der Waals surface area contributed by atoms with Crippen LogP contribution in [-0.2, 0) is 4.74 Å². The van der Waals surface area contributed by atoms with Gasteiger partial charge in [0, 0.05) is 17.6 Å². The molecule has 1 amide bonds. The second kappa shape index (κ2) is 5.19. The SMILES string of the molecule is Cc1ccc(Br)c(C(=O)N2CCO[C@H](C)C2)c1. The van der Waals surface area contributed by atoms with E-state index >= 15 is 0 Å². The minimum absolute atomic E-state index is 0.0794. The highest BCUT2D eigenvalue weighted by Gasteiger charge is 2.23. The molecule has 4 heteroatoms. The molecule has 0 spiro atoms. The summed E-state index contributed by atoms with van der Waals surface area (Å²) < 4.78 is 6.30. The van der Waals surface area contributed by atoms with Gasteiger partial charge in [-0.2, -0.15) is 0 Å². The Morgan fingerprint density at radius 2 is 2.29 bits per heavy atom. The molecule has 2 rings (SSSR count). The highest BCUT2D eigenvalue weighted by atomic mass is 79.9.